The number of hydrogen-bond donors (Lipinski definition) is 2. The minimum absolute atomic E-state index is 0.301. The molecule has 25 heavy (non-hydrogen) atoms. The van der Waals surface area contributed by atoms with Crippen molar-refractivity contribution in [3.8, 4) is 11.3 Å². The maximum absolute atomic E-state index is 12.3. The molecule has 1 amide bonds. The Morgan fingerprint density at radius 2 is 2.12 bits per heavy atom. The van der Waals surface area contributed by atoms with Crippen LogP contribution in [0, 0.1) is 0 Å². The molecule has 0 spiro atoms. The van der Waals surface area contributed by atoms with Crippen LogP contribution in [-0.4, -0.2) is 20.4 Å². The predicted molar refractivity (Wildman–Crippen MR) is 95.6 cm³/mol. The van der Waals surface area contributed by atoms with Gasteiger partial charge in [-0.05, 0) is 31.0 Å². The number of aromatic amines is 1. The van der Waals surface area contributed by atoms with E-state index in [4.69, 9.17) is 4.98 Å². The first-order valence-electron chi connectivity index (χ1n) is 8.36. The maximum Gasteiger partial charge on any atom is 0.255 e. The van der Waals surface area contributed by atoms with Crippen LogP contribution in [0.4, 0.5) is 5.69 Å². The molecule has 0 aliphatic carbocycles. The van der Waals surface area contributed by atoms with Crippen molar-refractivity contribution in [2.24, 2.45) is 0 Å². The van der Waals surface area contributed by atoms with Crippen LogP contribution in [0.3, 0.4) is 0 Å². The lowest BCUT2D eigenvalue weighted by Crippen LogP contribution is -2.15. The summed E-state index contributed by atoms with van der Waals surface area (Å²) in [5.74, 6) is 0.812. The first kappa shape index (κ1) is 15.4. The zero-order valence-corrected chi connectivity index (χ0v) is 13.7. The van der Waals surface area contributed by atoms with Gasteiger partial charge in [0.2, 0.25) is 5.56 Å². The molecule has 6 heteroatoms. The quantitative estimate of drug-likeness (QED) is 0.773. The summed E-state index contributed by atoms with van der Waals surface area (Å²) >= 11 is 0. The summed E-state index contributed by atoms with van der Waals surface area (Å²) in [4.78, 5) is 30.8. The molecule has 0 fully saturated rings. The monoisotopic (exact) mass is 334 g/mol. The summed E-state index contributed by atoms with van der Waals surface area (Å²) in [6.45, 7) is 1.02. The van der Waals surface area contributed by atoms with Crippen molar-refractivity contribution < 1.29 is 4.79 Å². The number of benzene rings is 1. The lowest BCUT2D eigenvalue weighted by Gasteiger charge is -2.11. The zero-order chi connectivity index (χ0) is 17.2. The number of amides is 1. The lowest BCUT2D eigenvalue weighted by molar-refractivity contribution is 0.102. The van der Waals surface area contributed by atoms with Gasteiger partial charge in [-0.15, -0.1) is 0 Å². The van der Waals surface area contributed by atoms with Crippen LogP contribution in [0.15, 0.2) is 53.6 Å². The molecule has 4 rings (SSSR count). The number of fused-ring (bicyclic) bond motifs is 1. The minimum atomic E-state index is -0.313. The summed E-state index contributed by atoms with van der Waals surface area (Å²) in [6, 6.07) is 10.5. The Labute approximate surface area is 144 Å². The van der Waals surface area contributed by atoms with Crippen LogP contribution >= 0.6 is 0 Å². The van der Waals surface area contributed by atoms with Gasteiger partial charge in [0.1, 0.15) is 5.82 Å². The molecule has 0 radical (unpaired) electrons. The van der Waals surface area contributed by atoms with E-state index >= 15 is 0 Å². The topological polar surface area (TPSA) is 79.8 Å². The van der Waals surface area contributed by atoms with Gasteiger partial charge in [-0.25, -0.2) is 4.98 Å². The van der Waals surface area contributed by atoms with Gasteiger partial charge >= 0.3 is 0 Å². The molecule has 0 bridgehead atoms. The molecule has 0 saturated carbocycles. The number of nitrogens with one attached hydrogen (secondary N) is 2. The van der Waals surface area contributed by atoms with Crippen molar-refractivity contribution in [2.45, 2.75) is 25.8 Å². The van der Waals surface area contributed by atoms with Crippen molar-refractivity contribution in [1.82, 2.24) is 14.5 Å². The van der Waals surface area contributed by atoms with Gasteiger partial charge < -0.3 is 14.9 Å². The Kier molecular flexibility index (Phi) is 3.93. The van der Waals surface area contributed by atoms with E-state index in [0.717, 1.165) is 30.0 Å². The largest absolute Gasteiger partial charge is 0.334 e. The fourth-order valence-electron chi connectivity index (χ4n) is 3.10. The minimum Gasteiger partial charge on any atom is -0.334 e. The highest BCUT2D eigenvalue weighted by molar-refractivity contribution is 6.04. The Balaban J connectivity index is 1.58. The molecule has 1 aliphatic heterocycles. The van der Waals surface area contributed by atoms with Crippen LogP contribution in [0.1, 0.15) is 29.0 Å². The fraction of sp³-hybridized carbons (Fsp3) is 0.211. The highest BCUT2D eigenvalue weighted by Crippen LogP contribution is 2.25. The van der Waals surface area contributed by atoms with E-state index in [0.29, 0.717) is 11.3 Å². The Bertz CT molecular complexity index is 963. The summed E-state index contributed by atoms with van der Waals surface area (Å²) in [5, 5.41) is 2.83. The van der Waals surface area contributed by atoms with Crippen molar-refractivity contribution in [3.05, 3.63) is 70.5 Å². The number of pyridine rings is 1. The number of anilines is 1. The highest BCUT2D eigenvalue weighted by Gasteiger charge is 2.14. The molecule has 2 N–H and O–H groups in total. The van der Waals surface area contributed by atoms with E-state index in [1.54, 1.807) is 6.07 Å². The van der Waals surface area contributed by atoms with Gasteiger partial charge in [-0.3, -0.25) is 9.59 Å². The molecule has 1 aliphatic rings. The van der Waals surface area contributed by atoms with E-state index in [-0.39, 0.29) is 11.5 Å². The summed E-state index contributed by atoms with van der Waals surface area (Å²) < 4.78 is 2.21. The number of rotatable bonds is 3. The van der Waals surface area contributed by atoms with Gasteiger partial charge in [-0.2, -0.15) is 0 Å². The molecular formula is C19H18N4O2. The summed E-state index contributed by atoms with van der Waals surface area (Å²) in [5.41, 5.74) is 2.58. The van der Waals surface area contributed by atoms with Crippen molar-refractivity contribution in [2.75, 3.05) is 5.32 Å². The first-order valence-corrected chi connectivity index (χ1v) is 8.36. The van der Waals surface area contributed by atoms with Gasteiger partial charge in [-0.1, -0.05) is 12.1 Å². The molecule has 6 nitrogen and oxygen atoms in total. The number of carbonyl (C=O) groups is 1. The third kappa shape index (κ3) is 3.24. The number of hydrogen-bond acceptors (Lipinski definition) is 3. The Morgan fingerprint density at radius 3 is 2.96 bits per heavy atom. The molecule has 0 saturated heterocycles. The lowest BCUT2D eigenvalue weighted by atomic mass is 10.1. The van der Waals surface area contributed by atoms with E-state index in [1.807, 2.05) is 24.3 Å². The maximum atomic E-state index is 12.3. The van der Waals surface area contributed by atoms with Gasteiger partial charge in [0, 0.05) is 48.2 Å². The third-order valence-electron chi connectivity index (χ3n) is 4.36. The number of imidazole rings is 1. The second kappa shape index (κ2) is 6.39. The van der Waals surface area contributed by atoms with E-state index in [9.17, 15) is 9.59 Å². The van der Waals surface area contributed by atoms with Gasteiger partial charge in [0.15, 0.2) is 0 Å². The smallest absolute Gasteiger partial charge is 0.255 e. The van der Waals surface area contributed by atoms with Gasteiger partial charge in [0.05, 0.1) is 5.69 Å². The molecule has 3 aromatic rings. The fourth-order valence-corrected chi connectivity index (χ4v) is 3.10. The molecule has 126 valence electrons. The highest BCUT2D eigenvalue weighted by atomic mass is 16.2. The van der Waals surface area contributed by atoms with E-state index in [1.165, 1.54) is 25.1 Å². The van der Waals surface area contributed by atoms with Crippen molar-refractivity contribution in [3.63, 3.8) is 0 Å². The second-order valence-electron chi connectivity index (χ2n) is 6.17. The average Bonchev–Trinajstić information content (AvgIpc) is 3.06. The van der Waals surface area contributed by atoms with E-state index in [2.05, 4.69) is 21.1 Å². The normalized spacial score (nSPS) is 13.3. The molecule has 0 atom stereocenters. The standard InChI is InChI=1S/C19H18N4O2/c24-18-11-14(7-8-20-18)19(25)21-15-5-3-4-13(10-15)16-12-23-9-2-1-6-17(23)22-16/h3-5,7-8,10-12H,1-2,6,9H2,(H,20,24)(H,21,25). The molecule has 2 aromatic heterocycles. The Morgan fingerprint density at radius 1 is 1.20 bits per heavy atom. The molecule has 1 aromatic carbocycles. The average molecular weight is 334 g/mol. The number of aromatic nitrogens is 3. The number of aryl methyl sites for hydroxylation is 2. The predicted octanol–water partition coefficient (Wildman–Crippen LogP) is 2.83. The number of H-pyrrole nitrogens is 1. The third-order valence-corrected chi connectivity index (χ3v) is 4.36. The van der Waals surface area contributed by atoms with Crippen LogP contribution in [0.2, 0.25) is 0 Å². The Hall–Kier alpha value is -3.15. The van der Waals surface area contributed by atoms with Crippen molar-refractivity contribution >= 4 is 11.6 Å². The van der Waals surface area contributed by atoms with Gasteiger partial charge in [0.25, 0.3) is 5.91 Å². The van der Waals surface area contributed by atoms with Crippen LogP contribution in [0.25, 0.3) is 11.3 Å². The zero-order valence-electron chi connectivity index (χ0n) is 13.7. The van der Waals surface area contributed by atoms with Crippen LogP contribution in [-0.2, 0) is 13.0 Å². The van der Waals surface area contributed by atoms with Crippen LogP contribution in [0.5, 0.6) is 0 Å². The molecule has 0 unspecified atom stereocenters. The summed E-state index contributed by atoms with van der Waals surface area (Å²) in [6.07, 6.45) is 6.92. The molecule has 3 heterocycles. The van der Waals surface area contributed by atoms with Crippen molar-refractivity contribution in [1.29, 1.82) is 0 Å². The van der Waals surface area contributed by atoms with E-state index < -0.39 is 0 Å². The SMILES string of the molecule is O=C(Nc1cccc(-c2cn3c(n2)CCCC3)c1)c1cc[nH]c(=O)c1. The van der Waals surface area contributed by atoms with Crippen LogP contribution < -0.4 is 10.9 Å². The molecular weight excluding hydrogens is 316 g/mol. The number of nitrogens with zero attached hydrogens (tertiary/aromatic N) is 2. The summed E-state index contributed by atoms with van der Waals surface area (Å²) in [7, 11) is 0. The second-order valence-corrected chi connectivity index (χ2v) is 6.17. The first-order chi connectivity index (χ1) is 12.2. The number of carbonyl (C=O) groups excluding carboxylic acids is 1.